The summed E-state index contributed by atoms with van der Waals surface area (Å²) in [6.45, 7) is 5.30. The van der Waals surface area contributed by atoms with Gasteiger partial charge in [-0.25, -0.2) is 8.42 Å². The van der Waals surface area contributed by atoms with Crippen molar-refractivity contribution in [2.45, 2.75) is 44.9 Å². The van der Waals surface area contributed by atoms with Crippen LogP contribution in [0.1, 0.15) is 26.7 Å². The van der Waals surface area contributed by atoms with E-state index >= 15 is 0 Å². The third-order valence-electron chi connectivity index (χ3n) is 4.65. The van der Waals surface area contributed by atoms with Crippen LogP contribution in [0.25, 0.3) is 0 Å². The second-order valence-corrected chi connectivity index (χ2v) is 8.26. The monoisotopic (exact) mass is 271 g/mol. The molecule has 4 atom stereocenters. The molecule has 2 heterocycles. The minimum atomic E-state index is -2.97. The molecule has 0 aromatic heterocycles. The molecule has 0 spiro atoms. The van der Waals surface area contributed by atoms with Crippen molar-refractivity contribution in [2.75, 3.05) is 12.4 Å². The van der Waals surface area contributed by atoms with Gasteiger partial charge in [0, 0.05) is 35.4 Å². The van der Waals surface area contributed by atoms with Gasteiger partial charge in [0.25, 0.3) is 0 Å². The van der Waals surface area contributed by atoms with Crippen LogP contribution in [0.15, 0.2) is 11.5 Å². The fourth-order valence-corrected chi connectivity index (χ4v) is 5.02. The van der Waals surface area contributed by atoms with Gasteiger partial charge in [-0.05, 0) is 12.8 Å². The van der Waals surface area contributed by atoms with Gasteiger partial charge in [-0.3, -0.25) is 0 Å². The lowest BCUT2D eigenvalue weighted by Gasteiger charge is -2.60. The normalized spacial score (nSPS) is 44.3. The summed E-state index contributed by atoms with van der Waals surface area (Å²) in [6, 6.07) is 0.341. The van der Waals surface area contributed by atoms with Crippen LogP contribution in [0.2, 0.25) is 0 Å². The first kappa shape index (κ1) is 12.6. The number of fused-ring (bicyclic) bond motifs is 1. The van der Waals surface area contributed by atoms with Gasteiger partial charge >= 0.3 is 0 Å². The Morgan fingerprint density at radius 3 is 2.83 bits per heavy atom. The number of ether oxygens (including phenoxy) is 1. The van der Waals surface area contributed by atoms with E-state index in [1.54, 1.807) is 6.08 Å². The van der Waals surface area contributed by atoms with Gasteiger partial charge in [-0.1, -0.05) is 19.9 Å². The van der Waals surface area contributed by atoms with Crippen LogP contribution in [-0.4, -0.2) is 39.0 Å². The van der Waals surface area contributed by atoms with Crippen LogP contribution >= 0.6 is 0 Å². The maximum absolute atomic E-state index is 11.4. The summed E-state index contributed by atoms with van der Waals surface area (Å²) in [7, 11) is -2.97. The van der Waals surface area contributed by atoms with Gasteiger partial charge in [0.05, 0.1) is 11.9 Å². The zero-order chi connectivity index (χ0) is 13.0. The van der Waals surface area contributed by atoms with Gasteiger partial charge in [0.15, 0.2) is 9.84 Å². The number of hydrogen-bond acceptors (Lipinski definition) is 4. The van der Waals surface area contributed by atoms with Crippen molar-refractivity contribution in [1.82, 2.24) is 5.32 Å². The molecule has 5 heteroatoms. The number of nitrogens with one attached hydrogen (secondary N) is 1. The third kappa shape index (κ3) is 1.92. The summed E-state index contributed by atoms with van der Waals surface area (Å²) >= 11 is 0. The van der Waals surface area contributed by atoms with Crippen molar-refractivity contribution < 1.29 is 13.2 Å². The molecule has 1 N–H and O–H groups in total. The summed E-state index contributed by atoms with van der Waals surface area (Å²) < 4.78 is 28.7. The lowest BCUT2D eigenvalue weighted by molar-refractivity contribution is -0.193. The summed E-state index contributed by atoms with van der Waals surface area (Å²) in [5, 5.41) is 4.85. The van der Waals surface area contributed by atoms with E-state index in [0.29, 0.717) is 18.1 Å². The molecule has 1 aliphatic carbocycles. The molecule has 18 heavy (non-hydrogen) atoms. The molecular weight excluding hydrogens is 250 g/mol. The smallest absolute Gasteiger partial charge is 0.173 e. The van der Waals surface area contributed by atoms with Gasteiger partial charge in [-0.15, -0.1) is 0 Å². The molecule has 2 aliphatic heterocycles. The van der Waals surface area contributed by atoms with Crippen molar-refractivity contribution in [1.29, 1.82) is 0 Å². The van der Waals surface area contributed by atoms with E-state index < -0.39 is 9.84 Å². The highest BCUT2D eigenvalue weighted by molar-refractivity contribution is 7.94. The molecule has 0 bridgehead atoms. The predicted molar refractivity (Wildman–Crippen MR) is 69.9 cm³/mol. The summed E-state index contributed by atoms with van der Waals surface area (Å²) in [5.41, 5.74) is 0.102. The highest BCUT2D eigenvalue weighted by atomic mass is 32.2. The quantitative estimate of drug-likeness (QED) is 0.817. The van der Waals surface area contributed by atoms with Crippen LogP contribution in [0, 0.1) is 11.3 Å². The molecule has 4 nitrogen and oxygen atoms in total. The van der Waals surface area contributed by atoms with Gasteiger partial charge < -0.3 is 10.1 Å². The highest BCUT2D eigenvalue weighted by Gasteiger charge is 2.58. The molecular formula is C13H21NO3S. The molecule has 0 amide bonds. The predicted octanol–water partition coefficient (Wildman–Crippen LogP) is 1.09. The molecule has 3 aliphatic rings. The van der Waals surface area contributed by atoms with Crippen molar-refractivity contribution in [2.24, 2.45) is 11.3 Å². The molecule has 0 radical (unpaired) electrons. The first-order valence-corrected chi connectivity index (χ1v) is 8.40. The summed E-state index contributed by atoms with van der Waals surface area (Å²) in [6.07, 6.45) is 4.43. The Kier molecular flexibility index (Phi) is 2.84. The second-order valence-electron chi connectivity index (χ2n) is 6.33. The Balaban J connectivity index is 1.68. The Labute approximate surface area is 109 Å². The first-order chi connectivity index (χ1) is 8.40. The maximum atomic E-state index is 11.4. The Morgan fingerprint density at radius 1 is 1.39 bits per heavy atom. The largest absolute Gasteiger partial charge is 0.377 e. The first-order valence-electron chi connectivity index (χ1n) is 6.69. The molecule has 3 rings (SSSR count). The number of sulfone groups is 1. The van der Waals surface area contributed by atoms with Crippen molar-refractivity contribution >= 4 is 9.84 Å². The van der Waals surface area contributed by atoms with Crippen molar-refractivity contribution in [3.8, 4) is 0 Å². The summed E-state index contributed by atoms with van der Waals surface area (Å²) in [4.78, 5) is 0. The van der Waals surface area contributed by atoms with E-state index in [9.17, 15) is 8.42 Å². The van der Waals surface area contributed by atoms with E-state index in [-0.39, 0.29) is 17.2 Å². The minimum Gasteiger partial charge on any atom is -0.377 e. The van der Waals surface area contributed by atoms with E-state index in [4.69, 9.17) is 4.74 Å². The SMILES string of the molecule is CC1(C)C(NC2C=CS(=O)(=O)C2)C2CCCOC21. The zero-order valence-corrected chi connectivity index (χ0v) is 11.7. The molecule has 1 saturated heterocycles. The zero-order valence-electron chi connectivity index (χ0n) is 10.9. The molecule has 0 aromatic carbocycles. The van der Waals surface area contributed by atoms with Crippen molar-refractivity contribution in [3.63, 3.8) is 0 Å². The molecule has 1 saturated carbocycles. The Morgan fingerprint density at radius 2 is 2.17 bits per heavy atom. The van der Waals surface area contributed by atoms with Crippen LogP contribution in [-0.2, 0) is 14.6 Å². The Bertz CT molecular complexity index is 469. The molecule has 102 valence electrons. The van der Waals surface area contributed by atoms with E-state index in [0.717, 1.165) is 13.0 Å². The summed E-state index contributed by atoms with van der Waals surface area (Å²) in [5.74, 6) is 0.753. The van der Waals surface area contributed by atoms with Crippen LogP contribution < -0.4 is 5.32 Å². The topological polar surface area (TPSA) is 55.4 Å². The van der Waals surface area contributed by atoms with E-state index in [1.165, 1.54) is 11.8 Å². The number of hydrogen-bond donors (Lipinski definition) is 1. The van der Waals surface area contributed by atoms with Crippen LogP contribution in [0.4, 0.5) is 0 Å². The fourth-order valence-electron chi connectivity index (χ4n) is 3.77. The van der Waals surface area contributed by atoms with Crippen LogP contribution in [0.5, 0.6) is 0 Å². The molecule has 2 fully saturated rings. The molecule has 0 aromatic rings. The number of rotatable bonds is 2. The standard InChI is InChI=1S/C13H21NO3S/c1-13(2)11(10-4-3-6-17-12(10)13)14-9-5-7-18(15,16)8-9/h5,7,9-12,14H,3-4,6,8H2,1-2H3. The lowest BCUT2D eigenvalue weighted by Crippen LogP contribution is -2.70. The minimum absolute atomic E-state index is 0.0258. The van der Waals surface area contributed by atoms with Gasteiger partial charge in [-0.2, -0.15) is 0 Å². The fraction of sp³-hybridized carbons (Fsp3) is 0.846. The lowest BCUT2D eigenvalue weighted by atomic mass is 9.55. The average molecular weight is 271 g/mol. The highest BCUT2D eigenvalue weighted by Crippen LogP contribution is 2.51. The van der Waals surface area contributed by atoms with E-state index in [1.807, 2.05) is 0 Å². The van der Waals surface area contributed by atoms with Crippen molar-refractivity contribution in [3.05, 3.63) is 11.5 Å². The van der Waals surface area contributed by atoms with Crippen LogP contribution in [0.3, 0.4) is 0 Å². The van der Waals surface area contributed by atoms with Gasteiger partial charge in [0.2, 0.25) is 0 Å². The van der Waals surface area contributed by atoms with E-state index in [2.05, 4.69) is 19.2 Å². The molecule has 4 unspecified atom stereocenters. The van der Waals surface area contributed by atoms with Gasteiger partial charge in [0.1, 0.15) is 0 Å². The Hall–Kier alpha value is -0.390. The third-order valence-corrected chi connectivity index (χ3v) is 6.05. The maximum Gasteiger partial charge on any atom is 0.173 e. The second kappa shape index (κ2) is 4.05. The average Bonchev–Trinajstić information content (AvgIpc) is 2.66.